The van der Waals surface area contributed by atoms with Crippen molar-refractivity contribution in [1.29, 1.82) is 0 Å². The van der Waals surface area contributed by atoms with Gasteiger partial charge in [0.05, 0.1) is 12.1 Å². The summed E-state index contributed by atoms with van der Waals surface area (Å²) in [4.78, 5) is 12.5. The second kappa shape index (κ2) is 8.26. The molecule has 0 saturated heterocycles. The van der Waals surface area contributed by atoms with Crippen LogP contribution in [0.1, 0.15) is 90.2 Å². The fourth-order valence-corrected chi connectivity index (χ4v) is 9.20. The van der Waals surface area contributed by atoms with E-state index in [9.17, 15) is 14.3 Å². The van der Waals surface area contributed by atoms with Crippen LogP contribution >= 0.6 is 0 Å². The van der Waals surface area contributed by atoms with Crippen molar-refractivity contribution >= 4 is 11.6 Å². The maximum Gasteiger partial charge on any atom is 0.240 e. The molecule has 6 unspecified atom stereocenters. The van der Waals surface area contributed by atoms with Crippen LogP contribution in [0.3, 0.4) is 0 Å². The molecule has 35 heavy (non-hydrogen) atoms. The number of carbonyl (C=O) groups excluding carboxylic acids is 1. The van der Waals surface area contributed by atoms with Crippen LogP contribution in [0, 0.1) is 40.3 Å². The van der Waals surface area contributed by atoms with Gasteiger partial charge in [-0.2, -0.15) is 5.10 Å². The maximum absolute atomic E-state index is 14.0. The van der Waals surface area contributed by atoms with E-state index in [4.69, 9.17) is 5.10 Å². The summed E-state index contributed by atoms with van der Waals surface area (Å²) in [5, 5.41) is 16.8. The fraction of sp³-hybridized carbons (Fsp3) is 0.667. The number of benzene rings is 1. The van der Waals surface area contributed by atoms with Crippen LogP contribution in [0.25, 0.3) is 0 Å². The van der Waals surface area contributed by atoms with Gasteiger partial charge in [0.25, 0.3) is 0 Å². The van der Waals surface area contributed by atoms with Gasteiger partial charge in [0.2, 0.25) is 5.91 Å². The van der Waals surface area contributed by atoms with Crippen LogP contribution in [-0.2, 0) is 4.79 Å². The highest BCUT2D eigenvalue weighted by atomic mass is 19.1. The van der Waals surface area contributed by atoms with Crippen LogP contribution in [0.15, 0.2) is 41.0 Å². The lowest BCUT2D eigenvalue weighted by atomic mass is 9.47. The Balaban J connectivity index is 1.27. The number of nitrogens with zero attached hydrogens (tertiary/aromatic N) is 2. The zero-order valence-electron chi connectivity index (χ0n) is 21.3. The van der Waals surface area contributed by atoms with Crippen LogP contribution in [0.5, 0.6) is 0 Å². The maximum atomic E-state index is 14.0. The lowest BCUT2D eigenvalue weighted by molar-refractivity contribution is -0.130. The summed E-state index contributed by atoms with van der Waals surface area (Å²) in [6.45, 7) is 6.54. The molecule has 3 saturated carbocycles. The molecule has 0 radical (unpaired) electrons. The Bertz CT molecular complexity index is 1100. The number of aliphatic hydroxyl groups excluding tert-OH is 1. The van der Waals surface area contributed by atoms with Gasteiger partial charge in [0, 0.05) is 25.0 Å². The zero-order valence-corrected chi connectivity index (χ0v) is 21.3. The Labute approximate surface area is 208 Å². The number of hydrazone groups is 1. The molecular formula is C30H39FN2O2. The number of hydrogen-bond donors (Lipinski definition) is 1. The second-order valence-corrected chi connectivity index (χ2v) is 12.6. The smallest absolute Gasteiger partial charge is 0.240 e. The highest BCUT2D eigenvalue weighted by Crippen LogP contribution is 2.66. The molecule has 5 heteroatoms. The highest BCUT2D eigenvalue weighted by Gasteiger charge is 2.59. The van der Waals surface area contributed by atoms with Crippen LogP contribution < -0.4 is 0 Å². The lowest BCUT2D eigenvalue weighted by Gasteiger charge is -2.58. The van der Waals surface area contributed by atoms with Crippen molar-refractivity contribution in [3.8, 4) is 0 Å². The molecular weight excluding hydrogens is 439 g/mol. The normalized spacial score (nSPS) is 42.6. The van der Waals surface area contributed by atoms with Gasteiger partial charge in [-0.3, -0.25) is 4.79 Å². The monoisotopic (exact) mass is 478 g/mol. The average Bonchev–Trinajstić information content (AvgIpc) is 3.41. The van der Waals surface area contributed by atoms with Gasteiger partial charge in [-0.15, -0.1) is 0 Å². The predicted octanol–water partition coefficient (Wildman–Crippen LogP) is 6.41. The molecule has 1 amide bonds. The molecule has 0 spiro atoms. The molecule has 1 heterocycles. The molecule has 6 rings (SSSR count). The molecule has 1 aliphatic heterocycles. The van der Waals surface area contributed by atoms with Crippen LogP contribution in [0.2, 0.25) is 0 Å². The molecule has 0 aromatic heterocycles. The molecule has 0 bridgehead atoms. The number of rotatable bonds is 2. The summed E-state index contributed by atoms with van der Waals surface area (Å²) < 4.78 is 14.0. The topological polar surface area (TPSA) is 52.9 Å². The fourth-order valence-electron chi connectivity index (χ4n) is 9.20. The summed E-state index contributed by atoms with van der Waals surface area (Å²) in [5.74, 6) is 2.14. The zero-order chi connectivity index (χ0) is 24.5. The van der Waals surface area contributed by atoms with E-state index in [1.165, 1.54) is 30.9 Å². The third-order valence-electron chi connectivity index (χ3n) is 11.0. The third kappa shape index (κ3) is 3.55. The average molecular weight is 479 g/mol. The first-order valence-electron chi connectivity index (χ1n) is 13.7. The predicted molar refractivity (Wildman–Crippen MR) is 135 cm³/mol. The molecule has 1 N–H and O–H groups in total. The summed E-state index contributed by atoms with van der Waals surface area (Å²) >= 11 is 0. The van der Waals surface area contributed by atoms with E-state index in [2.05, 4.69) is 19.9 Å². The van der Waals surface area contributed by atoms with Crippen molar-refractivity contribution in [2.75, 3.05) is 0 Å². The van der Waals surface area contributed by atoms with Gasteiger partial charge in [0.1, 0.15) is 5.82 Å². The highest BCUT2D eigenvalue weighted by molar-refractivity contribution is 5.92. The minimum atomic E-state index is -0.265. The van der Waals surface area contributed by atoms with Crippen molar-refractivity contribution < 1.29 is 14.3 Å². The minimum Gasteiger partial charge on any atom is -0.393 e. The van der Waals surface area contributed by atoms with Gasteiger partial charge < -0.3 is 5.11 Å². The van der Waals surface area contributed by atoms with E-state index < -0.39 is 0 Å². The van der Waals surface area contributed by atoms with Gasteiger partial charge >= 0.3 is 0 Å². The Morgan fingerprint density at radius 2 is 1.94 bits per heavy atom. The van der Waals surface area contributed by atoms with Crippen LogP contribution in [0.4, 0.5) is 4.39 Å². The molecule has 1 aromatic carbocycles. The first-order valence-corrected chi connectivity index (χ1v) is 13.7. The Hall–Kier alpha value is -2.01. The van der Waals surface area contributed by atoms with E-state index in [0.717, 1.165) is 43.4 Å². The number of allylic oxidation sites excluding steroid dienone is 1. The van der Waals surface area contributed by atoms with E-state index >= 15 is 0 Å². The lowest BCUT2D eigenvalue weighted by Crippen LogP contribution is -2.51. The van der Waals surface area contributed by atoms with Gasteiger partial charge in [-0.05, 0) is 97.6 Å². The number of halogens is 1. The summed E-state index contributed by atoms with van der Waals surface area (Å²) in [5.41, 5.74) is 3.96. The summed E-state index contributed by atoms with van der Waals surface area (Å²) in [6.07, 6.45) is 11.9. The van der Waals surface area contributed by atoms with Crippen molar-refractivity contribution in [2.45, 2.75) is 90.7 Å². The van der Waals surface area contributed by atoms with Crippen molar-refractivity contribution in [2.24, 2.45) is 39.6 Å². The second-order valence-electron chi connectivity index (χ2n) is 12.6. The Morgan fingerprint density at radius 3 is 2.71 bits per heavy atom. The van der Waals surface area contributed by atoms with Gasteiger partial charge in [0.15, 0.2) is 0 Å². The first-order chi connectivity index (χ1) is 16.7. The quantitative estimate of drug-likeness (QED) is 0.499. The largest absolute Gasteiger partial charge is 0.393 e. The molecule has 3 fully saturated rings. The number of amides is 1. The van der Waals surface area contributed by atoms with E-state index in [-0.39, 0.29) is 34.7 Å². The molecule has 188 valence electrons. The van der Waals surface area contributed by atoms with Gasteiger partial charge in [-0.1, -0.05) is 37.6 Å². The molecule has 8 atom stereocenters. The minimum absolute atomic E-state index is 0.0740. The molecule has 5 aliphatic rings. The van der Waals surface area contributed by atoms with Crippen LogP contribution in [-0.4, -0.2) is 27.8 Å². The van der Waals surface area contributed by atoms with Crippen molar-refractivity contribution in [3.05, 3.63) is 47.3 Å². The van der Waals surface area contributed by atoms with E-state index in [1.54, 1.807) is 24.1 Å². The third-order valence-corrected chi connectivity index (χ3v) is 11.0. The molecule has 1 aromatic rings. The Morgan fingerprint density at radius 1 is 1.11 bits per heavy atom. The standard InChI is InChI=1S/C30H39FN2O2/c1-18(34)33-28(19-5-4-6-21(31)15-19)17-27(32-33)26-10-9-24-23-8-7-20-16-22(35)11-13-29(20,2)25(23)12-14-30(24,26)3/h4-7,15,22-26,28,35H,8-14,16-17H2,1-3H3/t22?,23?,24?,25?,26?,28?,29-,30-/m0/s1. The molecule has 4 nitrogen and oxygen atoms in total. The SMILES string of the molecule is CC(=O)N1N=C(C2CCC3C4CC=C5CC(O)CC[C@]5(C)C4CC[C@]23C)CC1c1cccc(F)c1. The number of hydrogen-bond acceptors (Lipinski definition) is 3. The van der Waals surface area contributed by atoms with Gasteiger partial charge in [-0.25, -0.2) is 9.40 Å². The Kier molecular flexibility index (Phi) is 5.52. The molecule has 4 aliphatic carbocycles. The van der Waals surface area contributed by atoms with E-state index in [0.29, 0.717) is 30.1 Å². The summed E-state index contributed by atoms with van der Waals surface area (Å²) in [7, 11) is 0. The number of fused-ring (bicyclic) bond motifs is 5. The van der Waals surface area contributed by atoms with E-state index in [1.807, 2.05) is 6.07 Å². The first kappa shape index (κ1) is 23.4. The van der Waals surface area contributed by atoms with Crippen molar-refractivity contribution in [3.63, 3.8) is 0 Å². The number of aliphatic hydroxyl groups is 1. The summed E-state index contributed by atoms with van der Waals surface area (Å²) in [6, 6.07) is 6.45. The van der Waals surface area contributed by atoms with Crippen molar-refractivity contribution in [1.82, 2.24) is 5.01 Å². The number of carbonyl (C=O) groups is 1.